The van der Waals surface area contributed by atoms with Gasteiger partial charge in [0.2, 0.25) is 5.91 Å². The Hall–Kier alpha value is -1.47. The number of nitrogens with two attached hydrogens (primary N) is 1. The van der Waals surface area contributed by atoms with Crippen molar-refractivity contribution in [2.24, 2.45) is 5.73 Å². The highest BCUT2D eigenvalue weighted by Gasteiger charge is 2.24. The quantitative estimate of drug-likeness (QED) is 0.799. The van der Waals surface area contributed by atoms with Gasteiger partial charge in [0.15, 0.2) is 0 Å². The van der Waals surface area contributed by atoms with Gasteiger partial charge in [-0.2, -0.15) is 0 Å². The third kappa shape index (κ3) is 3.55. The van der Waals surface area contributed by atoms with E-state index in [2.05, 4.69) is 22.1 Å². The Labute approximate surface area is 119 Å². The van der Waals surface area contributed by atoms with Crippen LogP contribution in [0.2, 0.25) is 0 Å². The monoisotopic (exact) mass is 280 g/mol. The third-order valence-electron chi connectivity index (χ3n) is 4.04. The summed E-state index contributed by atoms with van der Waals surface area (Å²) in [6.07, 6.45) is 3.81. The summed E-state index contributed by atoms with van der Waals surface area (Å²) in [6, 6.07) is 0.336. The lowest BCUT2D eigenvalue weighted by atomic mass is 10.0. The van der Waals surface area contributed by atoms with Crippen LogP contribution in [0.5, 0.6) is 0 Å². The number of likely N-dealkylation sites (N-methyl/N-ethyl adjacent to an activating group) is 1. The summed E-state index contributed by atoms with van der Waals surface area (Å²) < 4.78 is 1.56. The maximum absolute atomic E-state index is 12.3. The first-order valence-electron chi connectivity index (χ1n) is 7.21. The van der Waals surface area contributed by atoms with Gasteiger partial charge in [0.1, 0.15) is 6.54 Å². The summed E-state index contributed by atoms with van der Waals surface area (Å²) >= 11 is 0. The highest BCUT2D eigenvalue weighted by atomic mass is 16.2. The van der Waals surface area contributed by atoms with Gasteiger partial charge in [0.25, 0.3) is 0 Å². The second kappa shape index (κ2) is 6.81. The summed E-state index contributed by atoms with van der Waals surface area (Å²) in [4.78, 5) is 16.5. The molecule has 1 aromatic rings. The van der Waals surface area contributed by atoms with Crippen LogP contribution in [0.15, 0.2) is 6.20 Å². The molecule has 2 N–H and O–H groups in total. The molecular formula is C13H24N6O. The van der Waals surface area contributed by atoms with Crippen LogP contribution in [0.4, 0.5) is 0 Å². The second-order valence-corrected chi connectivity index (χ2v) is 5.28. The van der Waals surface area contributed by atoms with Crippen LogP contribution < -0.4 is 5.73 Å². The fourth-order valence-electron chi connectivity index (χ4n) is 2.59. The lowest BCUT2D eigenvalue weighted by molar-refractivity contribution is -0.133. The van der Waals surface area contributed by atoms with Crippen LogP contribution in [0.1, 0.15) is 25.5 Å². The molecule has 0 unspecified atom stereocenters. The van der Waals surface area contributed by atoms with Crippen molar-refractivity contribution in [1.29, 1.82) is 0 Å². The van der Waals surface area contributed by atoms with Gasteiger partial charge >= 0.3 is 0 Å². The molecule has 20 heavy (non-hydrogen) atoms. The van der Waals surface area contributed by atoms with Crippen molar-refractivity contribution in [3.8, 4) is 0 Å². The molecule has 2 heterocycles. The third-order valence-corrected chi connectivity index (χ3v) is 4.04. The SMILES string of the molecule is CCN1CCC(N(C)C(=O)Cn2cc(CN)nn2)CC1. The molecular weight excluding hydrogens is 256 g/mol. The van der Waals surface area contributed by atoms with Crippen LogP contribution in [-0.4, -0.2) is 63.4 Å². The number of carbonyl (C=O) groups excluding carboxylic acids is 1. The number of likely N-dealkylation sites (tertiary alicyclic amines) is 1. The van der Waals surface area contributed by atoms with E-state index in [4.69, 9.17) is 5.73 Å². The molecule has 1 fully saturated rings. The van der Waals surface area contributed by atoms with E-state index in [0.717, 1.165) is 32.5 Å². The average molecular weight is 280 g/mol. The van der Waals surface area contributed by atoms with Gasteiger partial charge < -0.3 is 15.5 Å². The Morgan fingerprint density at radius 3 is 2.75 bits per heavy atom. The van der Waals surface area contributed by atoms with E-state index in [-0.39, 0.29) is 12.5 Å². The molecule has 7 nitrogen and oxygen atoms in total. The van der Waals surface area contributed by atoms with E-state index in [9.17, 15) is 4.79 Å². The normalized spacial score (nSPS) is 17.4. The number of rotatable bonds is 5. The Morgan fingerprint density at radius 1 is 1.50 bits per heavy atom. The van der Waals surface area contributed by atoms with E-state index in [1.807, 2.05) is 11.9 Å². The van der Waals surface area contributed by atoms with Crippen molar-refractivity contribution in [3.05, 3.63) is 11.9 Å². The summed E-state index contributed by atoms with van der Waals surface area (Å²) in [5.74, 6) is 0.0772. The van der Waals surface area contributed by atoms with E-state index >= 15 is 0 Å². The van der Waals surface area contributed by atoms with Gasteiger partial charge in [-0.1, -0.05) is 12.1 Å². The van der Waals surface area contributed by atoms with Crippen LogP contribution in [0.25, 0.3) is 0 Å². The molecule has 1 aromatic heterocycles. The zero-order valence-corrected chi connectivity index (χ0v) is 12.3. The minimum atomic E-state index is 0.0772. The first kappa shape index (κ1) is 14.9. The van der Waals surface area contributed by atoms with Crippen molar-refractivity contribution in [2.75, 3.05) is 26.7 Å². The van der Waals surface area contributed by atoms with Gasteiger partial charge in [0.05, 0.1) is 11.9 Å². The molecule has 112 valence electrons. The molecule has 0 saturated carbocycles. The van der Waals surface area contributed by atoms with Gasteiger partial charge in [-0.05, 0) is 19.4 Å². The van der Waals surface area contributed by atoms with Crippen molar-refractivity contribution in [2.45, 2.75) is 38.9 Å². The standard InChI is InChI=1S/C13H24N6O/c1-3-18-6-4-12(5-7-18)17(2)13(20)10-19-9-11(8-14)15-16-19/h9,12H,3-8,10,14H2,1-2H3. The number of hydrogen-bond donors (Lipinski definition) is 1. The lowest BCUT2D eigenvalue weighted by Gasteiger charge is -2.36. The summed E-state index contributed by atoms with van der Waals surface area (Å²) in [5.41, 5.74) is 6.19. The maximum Gasteiger partial charge on any atom is 0.244 e. The predicted octanol–water partition coefficient (Wildman–Crippen LogP) is -0.320. The highest BCUT2D eigenvalue weighted by Crippen LogP contribution is 2.15. The number of carbonyl (C=O) groups is 1. The zero-order valence-electron chi connectivity index (χ0n) is 12.3. The maximum atomic E-state index is 12.3. The fourth-order valence-corrected chi connectivity index (χ4v) is 2.59. The number of hydrogen-bond acceptors (Lipinski definition) is 5. The molecule has 2 rings (SSSR count). The van der Waals surface area contributed by atoms with Crippen LogP contribution in [-0.2, 0) is 17.9 Å². The van der Waals surface area contributed by atoms with E-state index < -0.39 is 0 Å². The Bertz CT molecular complexity index is 438. The molecule has 1 amide bonds. The molecule has 0 atom stereocenters. The number of nitrogens with zero attached hydrogens (tertiary/aromatic N) is 5. The second-order valence-electron chi connectivity index (χ2n) is 5.28. The van der Waals surface area contributed by atoms with Crippen LogP contribution in [0.3, 0.4) is 0 Å². The topological polar surface area (TPSA) is 80.3 Å². The Balaban J connectivity index is 1.85. The molecule has 0 radical (unpaired) electrons. The predicted molar refractivity (Wildman–Crippen MR) is 75.8 cm³/mol. The first-order chi connectivity index (χ1) is 9.63. The lowest BCUT2D eigenvalue weighted by Crippen LogP contribution is -2.46. The van der Waals surface area contributed by atoms with Gasteiger partial charge in [-0.15, -0.1) is 5.10 Å². The van der Waals surface area contributed by atoms with Crippen LogP contribution in [0, 0.1) is 0 Å². The minimum Gasteiger partial charge on any atom is -0.341 e. The molecule has 0 aromatic carbocycles. The average Bonchev–Trinajstić information content (AvgIpc) is 2.94. The van der Waals surface area contributed by atoms with Gasteiger partial charge in [-0.25, -0.2) is 4.68 Å². The molecule has 1 saturated heterocycles. The van der Waals surface area contributed by atoms with Gasteiger partial charge in [-0.3, -0.25) is 4.79 Å². The molecule has 0 bridgehead atoms. The summed E-state index contributed by atoms with van der Waals surface area (Å²) in [7, 11) is 1.88. The van der Waals surface area contributed by atoms with Gasteiger partial charge in [0, 0.05) is 32.7 Å². The number of aromatic nitrogens is 3. The summed E-state index contributed by atoms with van der Waals surface area (Å²) in [6.45, 7) is 5.98. The van der Waals surface area contributed by atoms with E-state index in [0.29, 0.717) is 18.3 Å². The number of piperidine rings is 1. The smallest absolute Gasteiger partial charge is 0.244 e. The van der Waals surface area contributed by atoms with E-state index in [1.54, 1.807) is 10.9 Å². The largest absolute Gasteiger partial charge is 0.341 e. The summed E-state index contributed by atoms with van der Waals surface area (Å²) in [5, 5.41) is 7.80. The van der Waals surface area contributed by atoms with Crippen molar-refractivity contribution < 1.29 is 4.79 Å². The molecule has 1 aliphatic rings. The van der Waals surface area contributed by atoms with Crippen molar-refractivity contribution in [3.63, 3.8) is 0 Å². The number of amides is 1. The molecule has 7 heteroatoms. The molecule has 1 aliphatic heterocycles. The first-order valence-corrected chi connectivity index (χ1v) is 7.21. The molecule has 0 spiro atoms. The van der Waals surface area contributed by atoms with E-state index in [1.165, 1.54) is 0 Å². The highest BCUT2D eigenvalue weighted by molar-refractivity contribution is 5.75. The Kier molecular flexibility index (Phi) is 5.08. The molecule has 0 aliphatic carbocycles. The van der Waals surface area contributed by atoms with Crippen LogP contribution >= 0.6 is 0 Å². The minimum absolute atomic E-state index is 0.0772. The zero-order chi connectivity index (χ0) is 14.5. The van der Waals surface area contributed by atoms with Crippen molar-refractivity contribution >= 4 is 5.91 Å². The van der Waals surface area contributed by atoms with Crippen molar-refractivity contribution in [1.82, 2.24) is 24.8 Å². The Morgan fingerprint density at radius 2 is 2.20 bits per heavy atom. The fraction of sp³-hybridized carbons (Fsp3) is 0.769.